The van der Waals surface area contributed by atoms with Gasteiger partial charge in [-0.3, -0.25) is 14.4 Å². The van der Waals surface area contributed by atoms with Crippen LogP contribution in [0.1, 0.15) is 31.2 Å². The number of piperidine rings is 1. The molecule has 3 rings (SSSR count). The van der Waals surface area contributed by atoms with Crippen LogP contribution >= 0.6 is 0 Å². The van der Waals surface area contributed by atoms with Gasteiger partial charge in [-0.15, -0.1) is 0 Å². The van der Waals surface area contributed by atoms with E-state index < -0.39 is 0 Å². The average Bonchev–Trinajstić information content (AvgIpc) is 2.67. The highest BCUT2D eigenvalue weighted by atomic mass is 16.2. The van der Waals surface area contributed by atoms with Crippen LogP contribution in [0.4, 0.5) is 0 Å². The molecule has 3 amide bonds. The monoisotopic (exact) mass is 357 g/mol. The van der Waals surface area contributed by atoms with E-state index in [-0.39, 0.29) is 37.1 Å². The first-order chi connectivity index (χ1) is 12.6. The molecule has 0 atom stereocenters. The molecule has 0 radical (unpaired) electrons. The van der Waals surface area contributed by atoms with Gasteiger partial charge < -0.3 is 15.1 Å². The second kappa shape index (κ2) is 8.83. The standard InChI is InChI=1S/C20H27N3O3/c24-18-15-23(13-10-21-18)20(26)7-6-19(25)22-11-8-17(9-12-22)14-16-4-2-1-3-5-16/h1-5,17H,6-15H2,(H,21,24). The second-order valence-electron chi connectivity index (χ2n) is 7.18. The highest BCUT2D eigenvalue weighted by Crippen LogP contribution is 2.22. The predicted octanol–water partition coefficient (Wildman–Crippen LogP) is 1.21. The van der Waals surface area contributed by atoms with E-state index in [1.165, 1.54) is 10.5 Å². The molecule has 140 valence electrons. The first-order valence-corrected chi connectivity index (χ1v) is 9.48. The van der Waals surface area contributed by atoms with Crippen LogP contribution in [0.15, 0.2) is 30.3 Å². The van der Waals surface area contributed by atoms with Crippen LogP contribution in [0, 0.1) is 5.92 Å². The Bertz CT molecular complexity index is 639. The van der Waals surface area contributed by atoms with Gasteiger partial charge in [0.25, 0.3) is 0 Å². The summed E-state index contributed by atoms with van der Waals surface area (Å²) in [6, 6.07) is 10.5. The molecule has 0 saturated carbocycles. The smallest absolute Gasteiger partial charge is 0.239 e. The maximum absolute atomic E-state index is 12.4. The van der Waals surface area contributed by atoms with E-state index in [0.717, 1.165) is 32.4 Å². The van der Waals surface area contributed by atoms with Gasteiger partial charge in [0.05, 0.1) is 6.54 Å². The summed E-state index contributed by atoms with van der Waals surface area (Å²) >= 11 is 0. The average molecular weight is 357 g/mol. The van der Waals surface area contributed by atoms with Crippen LogP contribution in [-0.2, 0) is 20.8 Å². The lowest BCUT2D eigenvalue weighted by molar-refractivity contribution is -0.140. The summed E-state index contributed by atoms with van der Waals surface area (Å²) in [5.74, 6) is 0.441. The summed E-state index contributed by atoms with van der Waals surface area (Å²) in [6.45, 7) is 2.68. The van der Waals surface area contributed by atoms with E-state index in [0.29, 0.717) is 19.0 Å². The van der Waals surface area contributed by atoms with Crippen molar-refractivity contribution in [2.24, 2.45) is 5.92 Å². The molecule has 1 aromatic carbocycles. The third-order valence-electron chi connectivity index (χ3n) is 5.28. The fourth-order valence-electron chi connectivity index (χ4n) is 3.72. The van der Waals surface area contributed by atoms with Gasteiger partial charge in [-0.25, -0.2) is 0 Å². The van der Waals surface area contributed by atoms with Gasteiger partial charge in [0.2, 0.25) is 17.7 Å². The van der Waals surface area contributed by atoms with Gasteiger partial charge >= 0.3 is 0 Å². The van der Waals surface area contributed by atoms with E-state index in [9.17, 15) is 14.4 Å². The number of piperazine rings is 1. The lowest BCUT2D eigenvalue weighted by Crippen LogP contribution is -2.50. The van der Waals surface area contributed by atoms with Crippen molar-refractivity contribution in [3.8, 4) is 0 Å². The molecule has 2 heterocycles. The quantitative estimate of drug-likeness (QED) is 0.861. The molecular weight excluding hydrogens is 330 g/mol. The number of likely N-dealkylation sites (tertiary alicyclic amines) is 1. The van der Waals surface area contributed by atoms with Crippen molar-refractivity contribution in [3.05, 3.63) is 35.9 Å². The molecular formula is C20H27N3O3. The number of carbonyl (C=O) groups is 3. The molecule has 26 heavy (non-hydrogen) atoms. The Kier molecular flexibility index (Phi) is 6.26. The van der Waals surface area contributed by atoms with Crippen LogP contribution in [0.2, 0.25) is 0 Å². The maximum atomic E-state index is 12.4. The molecule has 2 aliphatic rings. The minimum Gasteiger partial charge on any atom is -0.353 e. The lowest BCUT2D eigenvalue weighted by atomic mass is 9.90. The fourth-order valence-corrected chi connectivity index (χ4v) is 3.72. The highest BCUT2D eigenvalue weighted by molar-refractivity contribution is 5.88. The molecule has 0 spiro atoms. The Labute approximate surface area is 154 Å². The minimum atomic E-state index is -0.128. The second-order valence-corrected chi connectivity index (χ2v) is 7.18. The van der Waals surface area contributed by atoms with Gasteiger partial charge in [-0.1, -0.05) is 30.3 Å². The van der Waals surface area contributed by atoms with Crippen LogP contribution in [-0.4, -0.2) is 60.2 Å². The maximum Gasteiger partial charge on any atom is 0.239 e. The Hall–Kier alpha value is -2.37. The molecule has 2 fully saturated rings. The zero-order valence-corrected chi connectivity index (χ0v) is 15.2. The highest BCUT2D eigenvalue weighted by Gasteiger charge is 2.25. The Morgan fingerprint density at radius 3 is 2.27 bits per heavy atom. The van der Waals surface area contributed by atoms with Crippen LogP contribution < -0.4 is 5.32 Å². The fraction of sp³-hybridized carbons (Fsp3) is 0.550. The Morgan fingerprint density at radius 1 is 0.962 bits per heavy atom. The van der Waals surface area contributed by atoms with E-state index >= 15 is 0 Å². The first-order valence-electron chi connectivity index (χ1n) is 9.48. The molecule has 0 unspecified atom stereocenters. The Balaban J connectivity index is 1.38. The zero-order valence-electron chi connectivity index (χ0n) is 15.2. The summed E-state index contributed by atoms with van der Waals surface area (Å²) in [5, 5.41) is 2.70. The molecule has 6 nitrogen and oxygen atoms in total. The topological polar surface area (TPSA) is 69.7 Å². The van der Waals surface area contributed by atoms with Crippen LogP contribution in [0.25, 0.3) is 0 Å². The van der Waals surface area contributed by atoms with Crippen molar-refractivity contribution >= 4 is 17.7 Å². The van der Waals surface area contributed by atoms with E-state index in [2.05, 4.69) is 29.6 Å². The third kappa shape index (κ3) is 5.07. The number of benzene rings is 1. The van der Waals surface area contributed by atoms with Crippen molar-refractivity contribution in [2.45, 2.75) is 32.1 Å². The molecule has 0 aliphatic carbocycles. The number of hydrogen-bond acceptors (Lipinski definition) is 3. The van der Waals surface area contributed by atoms with Crippen molar-refractivity contribution in [1.29, 1.82) is 0 Å². The van der Waals surface area contributed by atoms with Gasteiger partial charge in [0.15, 0.2) is 0 Å². The first kappa shape index (κ1) is 18.4. The predicted molar refractivity (Wildman–Crippen MR) is 98.3 cm³/mol. The van der Waals surface area contributed by atoms with Gasteiger partial charge in [-0.2, -0.15) is 0 Å². The van der Waals surface area contributed by atoms with Crippen molar-refractivity contribution in [3.63, 3.8) is 0 Å². The summed E-state index contributed by atoms with van der Waals surface area (Å²) in [4.78, 5) is 39.3. The summed E-state index contributed by atoms with van der Waals surface area (Å²) in [7, 11) is 0. The number of amides is 3. The number of hydrogen-bond donors (Lipinski definition) is 1. The zero-order chi connectivity index (χ0) is 18.4. The number of carbonyl (C=O) groups excluding carboxylic acids is 3. The molecule has 1 aromatic rings. The SMILES string of the molecule is O=C1CN(C(=O)CCC(=O)N2CCC(Cc3ccccc3)CC2)CCN1. The molecule has 1 N–H and O–H groups in total. The van der Waals surface area contributed by atoms with Crippen molar-refractivity contribution in [2.75, 3.05) is 32.7 Å². The largest absolute Gasteiger partial charge is 0.353 e. The van der Waals surface area contributed by atoms with Gasteiger partial charge in [0, 0.05) is 39.0 Å². The van der Waals surface area contributed by atoms with Gasteiger partial charge in [-0.05, 0) is 30.7 Å². The third-order valence-corrected chi connectivity index (χ3v) is 5.28. The molecule has 2 saturated heterocycles. The van der Waals surface area contributed by atoms with Gasteiger partial charge in [0.1, 0.15) is 0 Å². The van der Waals surface area contributed by atoms with E-state index in [1.54, 1.807) is 0 Å². The Morgan fingerprint density at radius 2 is 1.62 bits per heavy atom. The van der Waals surface area contributed by atoms with E-state index in [1.807, 2.05) is 11.0 Å². The molecule has 0 bridgehead atoms. The molecule has 2 aliphatic heterocycles. The van der Waals surface area contributed by atoms with Crippen LogP contribution in [0.3, 0.4) is 0 Å². The number of rotatable bonds is 5. The normalized spacial score (nSPS) is 18.5. The van der Waals surface area contributed by atoms with E-state index in [4.69, 9.17) is 0 Å². The van der Waals surface area contributed by atoms with Crippen molar-refractivity contribution in [1.82, 2.24) is 15.1 Å². The van der Waals surface area contributed by atoms with Crippen molar-refractivity contribution < 1.29 is 14.4 Å². The summed E-state index contributed by atoms with van der Waals surface area (Å²) in [6.07, 6.45) is 3.52. The summed E-state index contributed by atoms with van der Waals surface area (Å²) < 4.78 is 0. The number of nitrogens with one attached hydrogen (secondary N) is 1. The number of nitrogens with zero attached hydrogens (tertiary/aromatic N) is 2. The molecule has 0 aromatic heterocycles. The lowest BCUT2D eigenvalue weighted by Gasteiger charge is -2.32. The van der Waals surface area contributed by atoms with Crippen LogP contribution in [0.5, 0.6) is 0 Å². The summed E-state index contributed by atoms with van der Waals surface area (Å²) in [5.41, 5.74) is 1.36. The minimum absolute atomic E-state index is 0.0537. The molecule has 6 heteroatoms.